The molecule has 0 unspecified atom stereocenters. The fourth-order valence-electron chi connectivity index (χ4n) is 2.17. The third kappa shape index (κ3) is 3.30. The Bertz CT molecular complexity index is 370. The van der Waals surface area contributed by atoms with Gasteiger partial charge in [0.15, 0.2) is 6.29 Å². The van der Waals surface area contributed by atoms with Gasteiger partial charge in [-0.2, -0.15) is 0 Å². The summed E-state index contributed by atoms with van der Waals surface area (Å²) in [5, 5.41) is 0. The lowest BCUT2D eigenvalue weighted by atomic mass is 10.1. The molecule has 2 rings (SSSR count). The predicted molar refractivity (Wildman–Crippen MR) is 70.2 cm³/mol. The maximum Gasteiger partial charge on any atom is 0.198 e. The molecule has 3 heteroatoms. The van der Waals surface area contributed by atoms with Crippen molar-refractivity contribution in [3.8, 4) is 0 Å². The van der Waals surface area contributed by atoms with E-state index in [-0.39, 0.29) is 0 Å². The van der Waals surface area contributed by atoms with Crippen LogP contribution in [0.25, 0.3) is 0 Å². The first-order chi connectivity index (χ1) is 8.29. The fourth-order valence-corrected chi connectivity index (χ4v) is 2.17. The second kappa shape index (κ2) is 5.82. The van der Waals surface area contributed by atoms with Crippen LogP contribution in [0.3, 0.4) is 0 Å². The van der Waals surface area contributed by atoms with Gasteiger partial charge in [0.1, 0.15) is 0 Å². The topological polar surface area (TPSA) is 23.6 Å². The molecule has 1 fully saturated rings. The average Bonchev–Trinajstić information content (AvgIpc) is 2.37. The Labute approximate surface area is 103 Å². The van der Waals surface area contributed by atoms with Crippen molar-refractivity contribution in [1.82, 2.24) is 4.90 Å². The van der Waals surface area contributed by atoms with E-state index in [1.807, 2.05) is 6.29 Å². The first-order valence-corrected chi connectivity index (χ1v) is 6.17. The van der Waals surface area contributed by atoms with Crippen molar-refractivity contribution in [2.24, 2.45) is 0 Å². The highest BCUT2D eigenvalue weighted by atomic mass is 16.1. The minimum Gasteiger partial charge on any atom is -0.369 e. The number of piperazine rings is 1. The minimum absolute atomic E-state index is 0.492. The van der Waals surface area contributed by atoms with Crippen LogP contribution in [0.4, 0.5) is 5.69 Å². The van der Waals surface area contributed by atoms with E-state index in [2.05, 4.69) is 41.1 Å². The van der Waals surface area contributed by atoms with Crippen molar-refractivity contribution in [2.75, 3.05) is 38.1 Å². The lowest BCUT2D eigenvalue weighted by Crippen LogP contribution is -2.44. The van der Waals surface area contributed by atoms with Gasteiger partial charge in [-0.05, 0) is 31.2 Å². The number of rotatable bonds is 4. The number of carbonyl (C=O) groups excluding carboxylic acids is 1. The summed E-state index contributed by atoms with van der Waals surface area (Å²) in [4.78, 5) is 15.0. The zero-order chi connectivity index (χ0) is 12.1. The summed E-state index contributed by atoms with van der Waals surface area (Å²) < 4.78 is 0. The standard InChI is InChI=1S/C14H19N2O/c1-15-7-9-16(10-8-15)14-6-2-4-13(12-14)5-3-11-17/h2,4,6,12H,3,5,7-10H2,1H3. The molecule has 1 heterocycles. The highest BCUT2D eigenvalue weighted by Gasteiger charge is 2.14. The smallest absolute Gasteiger partial charge is 0.198 e. The van der Waals surface area contributed by atoms with Crippen LogP contribution in [-0.2, 0) is 11.2 Å². The third-order valence-corrected chi connectivity index (χ3v) is 3.29. The van der Waals surface area contributed by atoms with Gasteiger partial charge < -0.3 is 9.80 Å². The van der Waals surface area contributed by atoms with Crippen molar-refractivity contribution in [2.45, 2.75) is 12.8 Å². The normalized spacial score (nSPS) is 17.1. The molecule has 1 saturated heterocycles. The average molecular weight is 231 g/mol. The SMILES string of the molecule is CN1CCN(c2cccc(CC[C]=O)c2)CC1. The molecule has 0 bridgehead atoms. The second-order valence-corrected chi connectivity index (χ2v) is 4.60. The van der Waals surface area contributed by atoms with Crippen LogP contribution in [0.1, 0.15) is 12.0 Å². The Hall–Kier alpha value is -1.35. The highest BCUT2D eigenvalue weighted by molar-refractivity contribution is 5.53. The van der Waals surface area contributed by atoms with Crippen LogP contribution in [0.15, 0.2) is 24.3 Å². The molecule has 17 heavy (non-hydrogen) atoms. The molecule has 1 aromatic carbocycles. The Morgan fingerprint density at radius 3 is 2.71 bits per heavy atom. The molecule has 0 N–H and O–H groups in total. The number of hydrogen-bond donors (Lipinski definition) is 0. The van der Waals surface area contributed by atoms with Crippen molar-refractivity contribution < 1.29 is 4.79 Å². The van der Waals surface area contributed by atoms with Crippen LogP contribution in [0.5, 0.6) is 0 Å². The van der Waals surface area contributed by atoms with Gasteiger partial charge in [-0.25, -0.2) is 0 Å². The van der Waals surface area contributed by atoms with Crippen LogP contribution in [0.2, 0.25) is 0 Å². The van der Waals surface area contributed by atoms with E-state index in [0.29, 0.717) is 6.42 Å². The molecule has 3 nitrogen and oxygen atoms in total. The molecule has 1 aliphatic heterocycles. The minimum atomic E-state index is 0.492. The molecule has 1 radical (unpaired) electrons. The second-order valence-electron chi connectivity index (χ2n) is 4.60. The zero-order valence-corrected chi connectivity index (χ0v) is 10.4. The molecule has 0 aliphatic carbocycles. The van der Waals surface area contributed by atoms with E-state index in [0.717, 1.165) is 32.6 Å². The summed E-state index contributed by atoms with van der Waals surface area (Å²) in [6.45, 7) is 4.40. The maximum atomic E-state index is 10.3. The van der Waals surface area contributed by atoms with Crippen LogP contribution >= 0.6 is 0 Å². The van der Waals surface area contributed by atoms with E-state index >= 15 is 0 Å². The first-order valence-electron chi connectivity index (χ1n) is 6.17. The molecule has 1 aromatic rings. The maximum absolute atomic E-state index is 10.3. The molecular weight excluding hydrogens is 212 g/mol. The Morgan fingerprint density at radius 1 is 1.24 bits per heavy atom. The molecular formula is C14H19N2O. The molecule has 0 atom stereocenters. The van der Waals surface area contributed by atoms with Crippen molar-refractivity contribution in [1.29, 1.82) is 0 Å². The molecule has 0 amide bonds. The van der Waals surface area contributed by atoms with Crippen LogP contribution in [-0.4, -0.2) is 44.4 Å². The third-order valence-electron chi connectivity index (χ3n) is 3.29. The molecule has 91 valence electrons. The summed E-state index contributed by atoms with van der Waals surface area (Å²) in [5.41, 5.74) is 2.51. The quantitative estimate of drug-likeness (QED) is 0.784. The van der Waals surface area contributed by atoms with Crippen LogP contribution in [0, 0.1) is 0 Å². The van der Waals surface area contributed by atoms with Gasteiger partial charge in [0, 0.05) is 38.3 Å². The summed E-state index contributed by atoms with van der Waals surface area (Å²) in [7, 11) is 2.16. The number of anilines is 1. The zero-order valence-electron chi connectivity index (χ0n) is 10.4. The summed E-state index contributed by atoms with van der Waals surface area (Å²) >= 11 is 0. The Balaban J connectivity index is 2.02. The molecule has 1 aliphatic rings. The Kier molecular flexibility index (Phi) is 4.15. The lowest BCUT2D eigenvalue weighted by molar-refractivity contribution is 0.313. The van der Waals surface area contributed by atoms with Gasteiger partial charge in [0.2, 0.25) is 0 Å². The lowest BCUT2D eigenvalue weighted by Gasteiger charge is -2.34. The van der Waals surface area contributed by atoms with Gasteiger partial charge in [-0.15, -0.1) is 0 Å². The molecule has 0 saturated carbocycles. The monoisotopic (exact) mass is 231 g/mol. The van der Waals surface area contributed by atoms with E-state index < -0.39 is 0 Å². The van der Waals surface area contributed by atoms with Crippen LogP contribution < -0.4 is 4.90 Å². The number of aryl methyl sites for hydroxylation is 1. The van der Waals surface area contributed by atoms with E-state index in [1.54, 1.807) is 0 Å². The summed E-state index contributed by atoms with van der Waals surface area (Å²) in [6.07, 6.45) is 3.24. The molecule has 0 aromatic heterocycles. The van der Waals surface area contributed by atoms with E-state index in [9.17, 15) is 4.79 Å². The van der Waals surface area contributed by atoms with Crippen molar-refractivity contribution in [3.05, 3.63) is 29.8 Å². The summed E-state index contributed by atoms with van der Waals surface area (Å²) in [5.74, 6) is 0. The number of likely N-dealkylation sites (N-methyl/N-ethyl adjacent to an activating group) is 1. The summed E-state index contributed by atoms with van der Waals surface area (Å²) in [6, 6.07) is 8.51. The van der Waals surface area contributed by atoms with E-state index in [4.69, 9.17) is 0 Å². The van der Waals surface area contributed by atoms with Gasteiger partial charge in [-0.1, -0.05) is 12.1 Å². The van der Waals surface area contributed by atoms with Gasteiger partial charge in [0.25, 0.3) is 0 Å². The number of hydrogen-bond acceptors (Lipinski definition) is 3. The fraction of sp³-hybridized carbons (Fsp3) is 0.500. The molecule has 0 spiro atoms. The Morgan fingerprint density at radius 2 is 2.00 bits per heavy atom. The van der Waals surface area contributed by atoms with Gasteiger partial charge in [0.05, 0.1) is 0 Å². The highest BCUT2D eigenvalue weighted by Crippen LogP contribution is 2.18. The van der Waals surface area contributed by atoms with Gasteiger partial charge >= 0.3 is 0 Å². The number of nitrogens with zero attached hydrogens (tertiary/aromatic N) is 2. The predicted octanol–water partition coefficient (Wildman–Crippen LogP) is 1.48. The number of benzene rings is 1. The van der Waals surface area contributed by atoms with E-state index in [1.165, 1.54) is 11.3 Å². The van der Waals surface area contributed by atoms with Crippen molar-refractivity contribution in [3.63, 3.8) is 0 Å². The first kappa shape index (κ1) is 12.1. The van der Waals surface area contributed by atoms with Crippen molar-refractivity contribution >= 4 is 12.0 Å². The van der Waals surface area contributed by atoms with Gasteiger partial charge in [-0.3, -0.25) is 4.79 Å². The largest absolute Gasteiger partial charge is 0.369 e.